The van der Waals surface area contributed by atoms with Crippen molar-refractivity contribution in [1.82, 2.24) is 14.1 Å². The Morgan fingerprint density at radius 3 is 1.89 bits per heavy atom. The Kier molecular flexibility index (Phi) is 5.85. The molecule has 214 valence electrons. The molecule has 0 aliphatic heterocycles. The first-order chi connectivity index (χ1) is 22.3. The van der Waals surface area contributed by atoms with Gasteiger partial charge in [0.2, 0.25) is 0 Å². The summed E-state index contributed by atoms with van der Waals surface area (Å²) < 4.78 is 4.74. The lowest BCUT2D eigenvalue weighted by molar-refractivity contribution is 0.636. The van der Waals surface area contributed by atoms with E-state index in [4.69, 9.17) is 4.98 Å². The Hall–Kier alpha value is -5.67. The van der Waals surface area contributed by atoms with Crippen LogP contribution in [0, 0.1) is 5.92 Å². The predicted molar refractivity (Wildman–Crippen MR) is 188 cm³/mol. The van der Waals surface area contributed by atoms with Gasteiger partial charge in [0, 0.05) is 33.2 Å². The topological polar surface area (TPSA) is 22.8 Å². The molecule has 0 amide bonds. The number of fused-ring (bicyclic) bond motifs is 6. The third kappa shape index (κ3) is 4.01. The number of hydrogen-bond acceptors (Lipinski definition) is 1. The van der Waals surface area contributed by atoms with Gasteiger partial charge < -0.3 is 4.57 Å². The second kappa shape index (κ2) is 10.2. The second-order valence-corrected chi connectivity index (χ2v) is 12.0. The summed E-state index contributed by atoms with van der Waals surface area (Å²) in [7, 11) is 0. The average molecular weight is 578 g/mol. The molecule has 0 radical (unpaired) electrons. The van der Waals surface area contributed by atoms with Crippen LogP contribution in [-0.4, -0.2) is 14.1 Å². The van der Waals surface area contributed by atoms with Crippen LogP contribution in [0.5, 0.6) is 0 Å². The number of pyridine rings is 1. The largest absolute Gasteiger partial charge is 0.309 e. The molecule has 0 N–H and O–H groups in total. The van der Waals surface area contributed by atoms with Crippen LogP contribution in [0.1, 0.15) is 24.1 Å². The van der Waals surface area contributed by atoms with Crippen LogP contribution in [0.15, 0.2) is 158 Å². The second-order valence-electron chi connectivity index (χ2n) is 12.0. The van der Waals surface area contributed by atoms with Crippen LogP contribution >= 0.6 is 0 Å². The fourth-order valence-electron chi connectivity index (χ4n) is 7.42. The third-order valence-corrected chi connectivity index (χ3v) is 9.54. The summed E-state index contributed by atoms with van der Waals surface area (Å²) in [5.74, 6) is 1.43. The Bertz CT molecular complexity index is 2440. The maximum absolute atomic E-state index is 5.40. The van der Waals surface area contributed by atoms with Gasteiger partial charge in [-0.2, -0.15) is 0 Å². The van der Waals surface area contributed by atoms with E-state index in [0.717, 1.165) is 28.2 Å². The lowest BCUT2D eigenvalue weighted by Crippen LogP contribution is -2.14. The van der Waals surface area contributed by atoms with E-state index in [2.05, 4.69) is 174 Å². The number of hydrogen-bond donors (Lipinski definition) is 0. The van der Waals surface area contributed by atoms with Crippen molar-refractivity contribution in [3.63, 3.8) is 0 Å². The first-order valence-electron chi connectivity index (χ1n) is 15.7. The van der Waals surface area contributed by atoms with E-state index >= 15 is 0 Å². The highest BCUT2D eigenvalue weighted by Gasteiger charge is 2.25. The van der Waals surface area contributed by atoms with Gasteiger partial charge in [0.1, 0.15) is 5.82 Å². The summed E-state index contributed by atoms with van der Waals surface area (Å²) >= 11 is 0. The van der Waals surface area contributed by atoms with E-state index in [1.165, 1.54) is 43.7 Å². The molecule has 0 bridgehead atoms. The summed E-state index contributed by atoms with van der Waals surface area (Å²) in [6, 6.07) is 50.1. The maximum atomic E-state index is 5.40. The van der Waals surface area contributed by atoms with Gasteiger partial charge in [-0.15, -0.1) is 0 Å². The highest BCUT2D eigenvalue weighted by Crippen LogP contribution is 2.41. The van der Waals surface area contributed by atoms with E-state index in [1.54, 1.807) is 0 Å². The molecule has 45 heavy (non-hydrogen) atoms. The molecular formula is C42H31N3. The molecule has 1 aliphatic rings. The molecule has 5 aromatic carbocycles. The average Bonchev–Trinajstić information content (AvgIpc) is 3.60. The van der Waals surface area contributed by atoms with Gasteiger partial charge in [0.25, 0.3) is 0 Å². The molecule has 1 aliphatic carbocycles. The lowest BCUT2D eigenvalue weighted by atomic mass is 9.79. The monoisotopic (exact) mass is 577 g/mol. The predicted octanol–water partition coefficient (Wildman–Crippen LogP) is 10.6. The molecule has 3 nitrogen and oxygen atoms in total. The lowest BCUT2D eigenvalue weighted by Gasteiger charge is -2.27. The van der Waals surface area contributed by atoms with Gasteiger partial charge >= 0.3 is 0 Å². The molecule has 0 fully saturated rings. The Labute approximate surface area is 262 Å². The van der Waals surface area contributed by atoms with Gasteiger partial charge in [-0.3, -0.25) is 4.57 Å². The summed E-state index contributed by atoms with van der Waals surface area (Å²) in [5, 5.41) is 4.99. The van der Waals surface area contributed by atoms with Crippen molar-refractivity contribution >= 4 is 49.2 Å². The Morgan fingerprint density at radius 2 is 1.16 bits per heavy atom. The highest BCUT2D eigenvalue weighted by molar-refractivity contribution is 6.19. The minimum atomic E-state index is 0.186. The van der Waals surface area contributed by atoms with Crippen LogP contribution in [0.25, 0.3) is 60.7 Å². The molecule has 8 aromatic rings. The smallest absolute Gasteiger partial charge is 0.137 e. The number of benzene rings is 5. The van der Waals surface area contributed by atoms with Crippen molar-refractivity contribution in [2.75, 3.05) is 0 Å². The van der Waals surface area contributed by atoms with Gasteiger partial charge in [-0.05, 0) is 65.6 Å². The van der Waals surface area contributed by atoms with Crippen molar-refractivity contribution in [1.29, 1.82) is 0 Å². The maximum Gasteiger partial charge on any atom is 0.137 e. The molecule has 3 aromatic heterocycles. The molecule has 3 heterocycles. The summed E-state index contributed by atoms with van der Waals surface area (Å²) in [5.41, 5.74) is 9.59. The van der Waals surface area contributed by atoms with E-state index < -0.39 is 0 Å². The SMILES string of the molecule is CC1C(c2ccccc2)=CC=CC1c1cccc(-n2c3ccccc3c3cc4c5ccccc5n(-c5ccccc5)c4cc32)n1. The standard InChI is InChI=1S/C42H31N3/c1-28-31(29-14-4-2-5-15-29)20-12-21-32(28)37-22-13-25-42(43-37)45-39-24-11-9-19-34(39)36-26-35-33-18-8-10-23-38(33)44(40(35)27-41(36)45)30-16-6-3-7-17-30/h2-28,32H,1H3. The number of aromatic nitrogens is 3. The molecule has 0 spiro atoms. The van der Waals surface area contributed by atoms with E-state index in [0.29, 0.717) is 5.92 Å². The minimum absolute atomic E-state index is 0.186. The van der Waals surface area contributed by atoms with Gasteiger partial charge in [0.15, 0.2) is 0 Å². The zero-order chi connectivity index (χ0) is 29.9. The quantitative estimate of drug-likeness (QED) is 0.204. The molecular weight excluding hydrogens is 546 g/mol. The number of allylic oxidation sites excluding steroid dienone is 4. The van der Waals surface area contributed by atoms with E-state index in [9.17, 15) is 0 Å². The first-order valence-corrected chi connectivity index (χ1v) is 15.7. The number of rotatable bonds is 4. The molecule has 0 saturated carbocycles. The molecule has 2 unspecified atom stereocenters. The molecule has 9 rings (SSSR count). The van der Waals surface area contributed by atoms with Crippen LogP contribution in [0.3, 0.4) is 0 Å². The highest BCUT2D eigenvalue weighted by atomic mass is 15.1. The number of para-hydroxylation sites is 3. The van der Waals surface area contributed by atoms with Crippen LogP contribution in [0.2, 0.25) is 0 Å². The summed E-state index contributed by atoms with van der Waals surface area (Å²) in [6.07, 6.45) is 6.75. The van der Waals surface area contributed by atoms with Gasteiger partial charge in [-0.25, -0.2) is 4.98 Å². The zero-order valence-corrected chi connectivity index (χ0v) is 25.0. The van der Waals surface area contributed by atoms with Crippen molar-refractivity contribution < 1.29 is 0 Å². The Morgan fingerprint density at radius 1 is 0.533 bits per heavy atom. The van der Waals surface area contributed by atoms with Crippen molar-refractivity contribution in [2.24, 2.45) is 5.92 Å². The van der Waals surface area contributed by atoms with Crippen LogP contribution in [-0.2, 0) is 0 Å². The van der Waals surface area contributed by atoms with Crippen molar-refractivity contribution in [3.05, 3.63) is 169 Å². The normalized spacial score (nSPS) is 16.6. The van der Waals surface area contributed by atoms with Gasteiger partial charge in [-0.1, -0.05) is 116 Å². The van der Waals surface area contributed by atoms with Crippen LogP contribution < -0.4 is 0 Å². The first kappa shape index (κ1) is 25.8. The van der Waals surface area contributed by atoms with E-state index in [1.807, 2.05) is 0 Å². The van der Waals surface area contributed by atoms with Crippen LogP contribution in [0.4, 0.5) is 0 Å². The molecule has 2 atom stereocenters. The van der Waals surface area contributed by atoms with Crippen molar-refractivity contribution in [2.45, 2.75) is 12.8 Å². The third-order valence-electron chi connectivity index (χ3n) is 9.54. The summed E-state index contributed by atoms with van der Waals surface area (Å²) in [6.45, 7) is 2.32. The van der Waals surface area contributed by atoms with Crippen molar-refractivity contribution in [3.8, 4) is 11.5 Å². The minimum Gasteiger partial charge on any atom is -0.309 e. The van der Waals surface area contributed by atoms with E-state index in [-0.39, 0.29) is 5.92 Å². The number of nitrogens with zero attached hydrogens (tertiary/aromatic N) is 3. The molecule has 0 saturated heterocycles. The molecule has 3 heteroatoms. The Balaban J connectivity index is 1.26. The van der Waals surface area contributed by atoms with Gasteiger partial charge in [0.05, 0.1) is 27.8 Å². The fourth-order valence-corrected chi connectivity index (χ4v) is 7.42. The fraction of sp³-hybridized carbons (Fsp3) is 0.0714. The zero-order valence-electron chi connectivity index (χ0n) is 25.0. The summed E-state index contributed by atoms with van der Waals surface area (Å²) in [4.78, 5) is 5.40.